The van der Waals surface area contributed by atoms with Crippen molar-refractivity contribution in [1.29, 1.82) is 0 Å². The molecule has 0 spiro atoms. The van der Waals surface area contributed by atoms with Gasteiger partial charge >= 0.3 is 0 Å². The largest absolute Gasteiger partial charge is 0.330 e. The number of halogens is 1. The van der Waals surface area contributed by atoms with Crippen LogP contribution in [0.2, 0.25) is 0 Å². The minimum Gasteiger partial charge on any atom is -0.330 e. The van der Waals surface area contributed by atoms with E-state index in [0.29, 0.717) is 12.3 Å². The van der Waals surface area contributed by atoms with Crippen LogP contribution in [0.3, 0.4) is 0 Å². The molecule has 0 bridgehead atoms. The van der Waals surface area contributed by atoms with Crippen LogP contribution in [0.15, 0.2) is 35.5 Å². The van der Waals surface area contributed by atoms with Crippen molar-refractivity contribution in [1.82, 2.24) is 5.32 Å². The minimum atomic E-state index is -0.194. The molecule has 18 heavy (non-hydrogen) atoms. The van der Waals surface area contributed by atoms with Gasteiger partial charge in [-0.1, -0.05) is 12.1 Å². The molecule has 1 aromatic carbocycles. The molecule has 1 N–H and O–H groups in total. The summed E-state index contributed by atoms with van der Waals surface area (Å²) in [4.78, 5) is 11.3. The molecule has 0 aromatic heterocycles. The topological polar surface area (TPSA) is 29.1 Å². The van der Waals surface area contributed by atoms with Gasteiger partial charge in [0.2, 0.25) is 5.91 Å². The number of amides is 1. The van der Waals surface area contributed by atoms with E-state index in [0.717, 1.165) is 36.9 Å². The van der Waals surface area contributed by atoms with Gasteiger partial charge in [0, 0.05) is 18.0 Å². The van der Waals surface area contributed by atoms with Gasteiger partial charge in [-0.25, -0.2) is 4.39 Å². The van der Waals surface area contributed by atoms with Gasteiger partial charge < -0.3 is 5.32 Å². The van der Waals surface area contributed by atoms with Crippen molar-refractivity contribution in [2.75, 3.05) is 0 Å². The van der Waals surface area contributed by atoms with Gasteiger partial charge in [-0.15, -0.1) is 0 Å². The lowest BCUT2D eigenvalue weighted by Gasteiger charge is -2.15. The Morgan fingerprint density at radius 2 is 1.89 bits per heavy atom. The highest BCUT2D eigenvalue weighted by Gasteiger charge is 2.28. The van der Waals surface area contributed by atoms with E-state index in [1.54, 1.807) is 0 Å². The van der Waals surface area contributed by atoms with E-state index in [2.05, 4.69) is 5.32 Å². The maximum atomic E-state index is 13.0. The van der Waals surface area contributed by atoms with E-state index in [1.165, 1.54) is 17.7 Å². The van der Waals surface area contributed by atoms with E-state index >= 15 is 0 Å². The summed E-state index contributed by atoms with van der Waals surface area (Å²) in [5.41, 5.74) is 3.64. The van der Waals surface area contributed by atoms with E-state index in [4.69, 9.17) is 0 Å². The third-order valence-electron chi connectivity index (χ3n) is 3.91. The SMILES string of the molecule is O=C1CC/C(=C2/CCCC2c2ccc(F)cc2)N1. The van der Waals surface area contributed by atoms with Crippen LogP contribution in [0.4, 0.5) is 4.39 Å². The van der Waals surface area contributed by atoms with E-state index in [-0.39, 0.29) is 11.7 Å². The normalized spacial score (nSPS) is 27.6. The van der Waals surface area contributed by atoms with Crippen LogP contribution in [0.5, 0.6) is 0 Å². The van der Waals surface area contributed by atoms with Crippen molar-refractivity contribution in [3.05, 3.63) is 46.9 Å². The molecule has 3 heteroatoms. The summed E-state index contributed by atoms with van der Waals surface area (Å²) >= 11 is 0. The summed E-state index contributed by atoms with van der Waals surface area (Å²) < 4.78 is 13.0. The lowest BCUT2D eigenvalue weighted by atomic mass is 9.92. The van der Waals surface area contributed by atoms with Gasteiger partial charge in [0.15, 0.2) is 0 Å². The number of carbonyl (C=O) groups is 1. The predicted molar refractivity (Wildman–Crippen MR) is 67.4 cm³/mol. The third kappa shape index (κ3) is 2.05. The maximum absolute atomic E-state index is 13.0. The first-order valence-corrected chi connectivity index (χ1v) is 6.51. The van der Waals surface area contributed by atoms with E-state index in [9.17, 15) is 9.18 Å². The molecule has 2 aliphatic rings. The van der Waals surface area contributed by atoms with Gasteiger partial charge in [0.1, 0.15) is 5.82 Å². The first kappa shape index (κ1) is 11.5. The number of rotatable bonds is 1. The number of carbonyl (C=O) groups excluding carboxylic acids is 1. The molecule has 94 valence electrons. The Hall–Kier alpha value is -1.64. The Labute approximate surface area is 106 Å². The molecule has 1 heterocycles. The molecule has 1 atom stereocenters. The van der Waals surface area contributed by atoms with Crippen LogP contribution in [-0.2, 0) is 4.79 Å². The van der Waals surface area contributed by atoms with Crippen molar-refractivity contribution in [2.45, 2.75) is 38.0 Å². The van der Waals surface area contributed by atoms with Crippen molar-refractivity contribution in [2.24, 2.45) is 0 Å². The fourth-order valence-electron chi connectivity index (χ4n) is 3.04. The van der Waals surface area contributed by atoms with Gasteiger partial charge in [0.25, 0.3) is 0 Å². The van der Waals surface area contributed by atoms with Crippen molar-refractivity contribution >= 4 is 5.91 Å². The average molecular weight is 245 g/mol. The number of hydrogen-bond donors (Lipinski definition) is 1. The molecule has 3 rings (SSSR count). The first-order chi connectivity index (χ1) is 8.74. The molecule has 1 aromatic rings. The Kier molecular flexibility index (Phi) is 2.90. The second-order valence-electron chi connectivity index (χ2n) is 5.05. The van der Waals surface area contributed by atoms with E-state index < -0.39 is 0 Å². The number of allylic oxidation sites excluding steroid dienone is 2. The zero-order valence-electron chi connectivity index (χ0n) is 10.2. The van der Waals surface area contributed by atoms with Crippen molar-refractivity contribution in [3.8, 4) is 0 Å². The summed E-state index contributed by atoms with van der Waals surface area (Å²) in [6.45, 7) is 0. The second kappa shape index (κ2) is 4.56. The second-order valence-corrected chi connectivity index (χ2v) is 5.05. The first-order valence-electron chi connectivity index (χ1n) is 6.51. The molecule has 1 unspecified atom stereocenters. The van der Waals surface area contributed by atoms with Gasteiger partial charge in [0.05, 0.1) is 0 Å². The maximum Gasteiger partial charge on any atom is 0.224 e. The number of hydrogen-bond acceptors (Lipinski definition) is 1. The summed E-state index contributed by atoms with van der Waals surface area (Å²) in [5, 5.41) is 2.97. The summed E-state index contributed by atoms with van der Waals surface area (Å²) in [5.74, 6) is 0.293. The van der Waals surface area contributed by atoms with Crippen LogP contribution < -0.4 is 5.32 Å². The zero-order valence-corrected chi connectivity index (χ0v) is 10.2. The molecular formula is C15H16FNO. The standard InChI is InChI=1S/C15H16FNO/c16-11-6-4-10(5-7-11)12-2-1-3-13(12)14-8-9-15(18)17-14/h4-7,12H,1-3,8-9H2,(H,17,18)/b14-13+. The molecular weight excluding hydrogens is 229 g/mol. The Bertz CT molecular complexity index is 504. The molecule has 1 amide bonds. The quantitative estimate of drug-likeness (QED) is 0.808. The fraction of sp³-hybridized carbons (Fsp3) is 0.400. The highest BCUT2D eigenvalue weighted by Crippen LogP contribution is 2.41. The van der Waals surface area contributed by atoms with E-state index in [1.807, 2.05) is 12.1 Å². The number of benzene rings is 1. The molecule has 1 aliphatic heterocycles. The van der Waals surface area contributed by atoms with Crippen molar-refractivity contribution in [3.63, 3.8) is 0 Å². The van der Waals surface area contributed by atoms with Crippen LogP contribution in [-0.4, -0.2) is 5.91 Å². The van der Waals surface area contributed by atoms with Crippen LogP contribution >= 0.6 is 0 Å². The van der Waals surface area contributed by atoms with Crippen LogP contribution in [0, 0.1) is 5.82 Å². The average Bonchev–Trinajstić information content (AvgIpc) is 2.98. The summed E-state index contributed by atoms with van der Waals surface area (Å²) in [6.07, 6.45) is 4.75. The minimum absolute atomic E-state index is 0.127. The number of nitrogens with one attached hydrogen (secondary N) is 1. The summed E-state index contributed by atoms with van der Waals surface area (Å²) in [7, 11) is 0. The van der Waals surface area contributed by atoms with Gasteiger partial charge in [-0.05, 0) is 49.0 Å². The summed E-state index contributed by atoms with van der Waals surface area (Å²) in [6, 6.07) is 6.76. The Balaban J connectivity index is 1.92. The highest BCUT2D eigenvalue weighted by molar-refractivity contribution is 5.81. The lowest BCUT2D eigenvalue weighted by molar-refractivity contribution is -0.118. The fourth-order valence-corrected chi connectivity index (χ4v) is 3.04. The predicted octanol–water partition coefficient (Wildman–Crippen LogP) is 3.26. The van der Waals surface area contributed by atoms with Gasteiger partial charge in [-0.2, -0.15) is 0 Å². The molecule has 0 radical (unpaired) electrons. The van der Waals surface area contributed by atoms with Crippen LogP contribution in [0.1, 0.15) is 43.6 Å². The molecule has 2 fully saturated rings. The molecule has 1 aliphatic carbocycles. The van der Waals surface area contributed by atoms with Crippen molar-refractivity contribution < 1.29 is 9.18 Å². The smallest absolute Gasteiger partial charge is 0.224 e. The lowest BCUT2D eigenvalue weighted by Crippen LogP contribution is -2.14. The van der Waals surface area contributed by atoms with Crippen LogP contribution in [0.25, 0.3) is 0 Å². The molecule has 1 saturated heterocycles. The third-order valence-corrected chi connectivity index (χ3v) is 3.91. The Morgan fingerprint density at radius 1 is 1.11 bits per heavy atom. The highest BCUT2D eigenvalue weighted by atomic mass is 19.1. The molecule has 1 saturated carbocycles. The molecule has 2 nitrogen and oxygen atoms in total. The van der Waals surface area contributed by atoms with Gasteiger partial charge in [-0.3, -0.25) is 4.79 Å². The monoisotopic (exact) mass is 245 g/mol. The Morgan fingerprint density at radius 3 is 2.56 bits per heavy atom. The zero-order chi connectivity index (χ0) is 12.5.